The average molecular weight is 779 g/mol. The van der Waals surface area contributed by atoms with Gasteiger partial charge in [-0.15, -0.1) is 0 Å². The van der Waals surface area contributed by atoms with Crippen LogP contribution in [0.5, 0.6) is 0 Å². The summed E-state index contributed by atoms with van der Waals surface area (Å²) in [5.74, 6) is 10.6. The lowest BCUT2D eigenvalue weighted by atomic mass is 9.21. The van der Waals surface area contributed by atoms with Crippen molar-refractivity contribution in [1.29, 1.82) is 0 Å². The molecule has 0 aromatic heterocycles. The molecule has 16 aliphatic rings. The number of rotatable bonds is 7. The second kappa shape index (κ2) is 11.4. The minimum absolute atomic E-state index is 0.0975. The Hall–Kier alpha value is -2.62. The van der Waals surface area contributed by atoms with Crippen LogP contribution in [-0.2, 0) is 5.41 Å². The van der Waals surface area contributed by atoms with Gasteiger partial charge in [-0.3, -0.25) is 0 Å². The summed E-state index contributed by atoms with van der Waals surface area (Å²) in [6, 6.07) is 16.8. The van der Waals surface area contributed by atoms with Crippen LogP contribution in [0.25, 0.3) is 0 Å². The molecule has 0 spiro atoms. The molecule has 58 heavy (non-hydrogen) atoms. The third-order valence-corrected chi connectivity index (χ3v) is 22.7. The molecular formula is C54H66O4. The summed E-state index contributed by atoms with van der Waals surface area (Å²) in [6.07, 6.45) is 31.0. The highest BCUT2D eigenvalue weighted by molar-refractivity contribution is 5.88. The van der Waals surface area contributed by atoms with Gasteiger partial charge in [0, 0.05) is 5.41 Å². The summed E-state index contributed by atoms with van der Waals surface area (Å²) in [5.41, 5.74) is 4.71. The van der Waals surface area contributed by atoms with E-state index in [1.54, 1.807) is 64.2 Å². The molecular weight excluding hydrogens is 713 g/mol. The largest absolute Gasteiger partial charge is 0.478 e. The number of aromatic carboxylic acids is 2. The number of carboxylic acid groups (broad SMARTS) is 2. The molecule has 0 radical (unpaired) electrons. The first-order chi connectivity index (χ1) is 28.1. The van der Waals surface area contributed by atoms with Crippen molar-refractivity contribution in [1.82, 2.24) is 0 Å². The van der Waals surface area contributed by atoms with Crippen molar-refractivity contribution in [3.8, 4) is 0 Å². The monoisotopic (exact) mass is 778 g/mol. The molecule has 16 fully saturated rings. The highest BCUT2D eigenvalue weighted by atomic mass is 16.4. The van der Waals surface area contributed by atoms with Gasteiger partial charge in [0.05, 0.1) is 11.1 Å². The fourth-order valence-corrected chi connectivity index (χ4v) is 23.7. The molecule has 0 saturated heterocycles. The second-order valence-electron chi connectivity index (χ2n) is 25.0. The van der Waals surface area contributed by atoms with E-state index in [4.69, 9.17) is 0 Å². The Balaban J connectivity index is 1.03. The Morgan fingerprint density at radius 1 is 0.431 bits per heavy atom. The molecule has 4 nitrogen and oxygen atoms in total. The maximum absolute atomic E-state index is 12.4. The van der Waals surface area contributed by atoms with Crippen LogP contribution in [0.3, 0.4) is 0 Å². The normalized spacial score (nSPS) is 52.8. The Morgan fingerprint density at radius 2 is 0.810 bits per heavy atom. The van der Waals surface area contributed by atoms with Crippen molar-refractivity contribution in [2.75, 3.05) is 0 Å². The molecule has 0 amide bonds. The van der Waals surface area contributed by atoms with Gasteiger partial charge in [-0.2, -0.15) is 0 Å². The lowest BCUT2D eigenvalue weighted by Crippen LogP contribution is -2.76. The van der Waals surface area contributed by atoms with Crippen LogP contribution < -0.4 is 0 Å². The van der Waals surface area contributed by atoms with Crippen molar-refractivity contribution in [3.63, 3.8) is 0 Å². The lowest BCUT2D eigenvalue weighted by molar-refractivity contribution is -0.321. The predicted octanol–water partition coefficient (Wildman–Crippen LogP) is 12.3. The molecule has 18 rings (SSSR count). The van der Waals surface area contributed by atoms with Gasteiger partial charge in [0.2, 0.25) is 0 Å². The van der Waals surface area contributed by atoms with E-state index < -0.39 is 11.9 Å². The summed E-state index contributed by atoms with van der Waals surface area (Å²) >= 11 is 0. The van der Waals surface area contributed by atoms with Crippen LogP contribution in [0.2, 0.25) is 0 Å². The fourth-order valence-electron chi connectivity index (χ4n) is 23.7. The molecule has 306 valence electrons. The first kappa shape index (κ1) is 35.0. The highest BCUT2D eigenvalue weighted by Crippen LogP contribution is 2.87. The Morgan fingerprint density at radius 3 is 1.24 bits per heavy atom. The van der Waals surface area contributed by atoms with Crippen LogP contribution in [0.4, 0.5) is 0 Å². The van der Waals surface area contributed by atoms with Crippen LogP contribution >= 0.6 is 0 Å². The molecule has 2 N–H and O–H groups in total. The molecule has 16 saturated carbocycles. The zero-order valence-electron chi connectivity index (χ0n) is 34.8. The molecule has 2 aromatic rings. The summed E-state index contributed by atoms with van der Waals surface area (Å²) in [6.45, 7) is 0. The predicted molar refractivity (Wildman–Crippen MR) is 223 cm³/mol. The molecule has 4 heteroatoms. The van der Waals surface area contributed by atoms with Gasteiger partial charge < -0.3 is 10.2 Å². The van der Waals surface area contributed by atoms with Crippen molar-refractivity contribution in [3.05, 3.63) is 70.8 Å². The summed E-state index contributed by atoms with van der Waals surface area (Å²) < 4.78 is 0. The topological polar surface area (TPSA) is 74.6 Å². The van der Waals surface area contributed by atoms with E-state index in [0.717, 1.165) is 76.9 Å². The maximum atomic E-state index is 12.4. The Kier molecular flexibility index (Phi) is 6.91. The van der Waals surface area contributed by atoms with Gasteiger partial charge in [0.15, 0.2) is 0 Å². The van der Waals surface area contributed by atoms with Gasteiger partial charge in [0.1, 0.15) is 0 Å². The molecule has 8 atom stereocenters. The summed E-state index contributed by atoms with van der Waals surface area (Å²) in [4.78, 5) is 24.9. The van der Waals surface area contributed by atoms with Gasteiger partial charge in [-0.1, -0.05) is 24.3 Å². The summed E-state index contributed by atoms with van der Waals surface area (Å²) in [7, 11) is 0. The van der Waals surface area contributed by atoms with Crippen molar-refractivity contribution in [2.45, 2.75) is 140 Å². The maximum Gasteiger partial charge on any atom is 0.335 e. The van der Waals surface area contributed by atoms with Crippen LogP contribution in [-0.4, -0.2) is 22.2 Å². The first-order valence-corrected chi connectivity index (χ1v) is 24.8. The van der Waals surface area contributed by atoms with Gasteiger partial charge in [-0.25, -0.2) is 9.59 Å². The third-order valence-electron chi connectivity index (χ3n) is 22.7. The Bertz CT molecular complexity index is 1940. The number of hydrogen-bond acceptors (Lipinski definition) is 2. The first-order valence-electron chi connectivity index (χ1n) is 24.8. The SMILES string of the molecule is O=C(O)c1ccc(C2(c3ccc(C(=O)O)cc3)C3CC4CC(C3)CC2(C23CC5CC(CC(C5)C2C25CC6CC(CC(C6)C2C26CC7CC(CC(C7)C2)C6)C5)C3)C4)cc1. The lowest BCUT2D eigenvalue weighted by Gasteiger charge is -2.82. The smallest absolute Gasteiger partial charge is 0.335 e. The molecule has 16 aliphatic carbocycles. The van der Waals surface area contributed by atoms with E-state index in [1.807, 2.05) is 24.3 Å². The molecule has 2 aromatic carbocycles. The van der Waals surface area contributed by atoms with E-state index in [0.29, 0.717) is 27.9 Å². The van der Waals surface area contributed by atoms with E-state index in [1.165, 1.54) is 81.8 Å². The molecule has 16 bridgehead atoms. The third kappa shape index (κ3) is 4.22. The van der Waals surface area contributed by atoms with E-state index in [9.17, 15) is 19.8 Å². The van der Waals surface area contributed by atoms with Gasteiger partial charge >= 0.3 is 11.9 Å². The minimum atomic E-state index is -0.843. The second-order valence-corrected chi connectivity index (χ2v) is 25.0. The molecule has 8 unspecified atom stereocenters. The van der Waals surface area contributed by atoms with Crippen molar-refractivity contribution < 1.29 is 19.8 Å². The molecule has 0 aliphatic heterocycles. The number of benzene rings is 2. The van der Waals surface area contributed by atoms with E-state index in [-0.39, 0.29) is 16.2 Å². The minimum Gasteiger partial charge on any atom is -0.478 e. The van der Waals surface area contributed by atoms with Crippen molar-refractivity contribution >= 4 is 11.9 Å². The van der Waals surface area contributed by atoms with E-state index in [2.05, 4.69) is 24.3 Å². The fraction of sp³-hybridized carbons (Fsp3) is 0.741. The Labute approximate surface area is 346 Å². The zero-order valence-corrected chi connectivity index (χ0v) is 34.8. The van der Waals surface area contributed by atoms with Gasteiger partial charge in [0.25, 0.3) is 0 Å². The van der Waals surface area contributed by atoms with Crippen LogP contribution in [0, 0.1) is 105 Å². The molecule has 0 heterocycles. The number of carbonyl (C=O) groups is 2. The average Bonchev–Trinajstić information content (AvgIpc) is 3.16. The van der Waals surface area contributed by atoms with Crippen LogP contribution in [0.15, 0.2) is 48.5 Å². The number of carboxylic acids is 2. The quantitative estimate of drug-likeness (QED) is 0.294. The van der Waals surface area contributed by atoms with Gasteiger partial charge in [-0.05, 0) is 275 Å². The summed E-state index contributed by atoms with van der Waals surface area (Å²) in [5, 5.41) is 20.4. The number of hydrogen-bond donors (Lipinski definition) is 2. The standard InChI is InChI=1S/C54H66O4/c55-48(56)39-1-5-43(6-2-39)54(44-7-3-40(4-8-44)49(57)58)45-19-37-14-38(20-45)29-53(54,28-37)52-26-35-13-36(27-52)18-42(17-35)47(52)51-24-33-12-34(25-51)16-41(15-33)46(51)50-21-30-9-31(22-50)11-32(10-30)23-50/h1-8,30-38,41-42,45-47H,9-29H2,(H,55,56)(H,57,58). The zero-order chi connectivity index (χ0) is 38.6. The van der Waals surface area contributed by atoms with Crippen molar-refractivity contribution in [2.24, 2.45) is 105 Å². The van der Waals surface area contributed by atoms with Crippen LogP contribution in [0.1, 0.15) is 167 Å². The van der Waals surface area contributed by atoms with E-state index >= 15 is 0 Å². The highest BCUT2D eigenvalue weighted by Gasteiger charge is 2.80.